The number of rotatable bonds is 5. The van der Waals surface area contributed by atoms with Crippen molar-refractivity contribution in [2.75, 3.05) is 6.54 Å². The lowest BCUT2D eigenvalue weighted by Crippen LogP contribution is -2.59. The SMILES string of the molecule is CC(NC(=O)OC(C)(C)C)C(=O)N1CC[C@@H]2CCC[C@@]21C(=O)OCc1ccccc1. The summed E-state index contributed by atoms with van der Waals surface area (Å²) in [7, 11) is 0. The van der Waals surface area contributed by atoms with Gasteiger partial charge in [0.1, 0.15) is 23.8 Å². The average Bonchev–Trinajstić information content (AvgIpc) is 3.24. The maximum atomic E-state index is 13.2. The predicted molar refractivity (Wildman–Crippen MR) is 111 cm³/mol. The van der Waals surface area contributed by atoms with E-state index in [9.17, 15) is 14.4 Å². The highest BCUT2D eigenvalue weighted by atomic mass is 16.6. The van der Waals surface area contributed by atoms with Crippen molar-refractivity contribution in [3.8, 4) is 0 Å². The van der Waals surface area contributed by atoms with Crippen molar-refractivity contribution >= 4 is 18.0 Å². The molecule has 1 saturated heterocycles. The third kappa shape index (κ3) is 4.60. The van der Waals surface area contributed by atoms with Crippen molar-refractivity contribution in [3.63, 3.8) is 0 Å². The monoisotopic (exact) mass is 416 g/mol. The number of likely N-dealkylation sites (tertiary alicyclic amines) is 1. The molecule has 0 aromatic heterocycles. The molecule has 1 saturated carbocycles. The Bertz CT molecular complexity index is 789. The standard InChI is InChI=1S/C23H32N2O5/c1-16(24-21(28)30-22(2,3)4)19(26)25-14-12-18-11-8-13-23(18,25)20(27)29-15-17-9-6-5-7-10-17/h5-7,9-10,16,18H,8,11-15H2,1-4H3,(H,24,28)/t16?,18-,23-/m0/s1. The fourth-order valence-electron chi connectivity index (χ4n) is 4.60. The molecular formula is C23H32N2O5. The smallest absolute Gasteiger partial charge is 0.408 e. The zero-order valence-electron chi connectivity index (χ0n) is 18.3. The van der Waals surface area contributed by atoms with Gasteiger partial charge in [-0.3, -0.25) is 4.79 Å². The summed E-state index contributed by atoms with van der Waals surface area (Å²) in [6.45, 7) is 7.59. The lowest BCUT2D eigenvalue weighted by atomic mass is 9.87. The second-order valence-electron chi connectivity index (χ2n) is 9.22. The highest BCUT2D eigenvalue weighted by Crippen LogP contribution is 2.48. The molecule has 1 aromatic rings. The molecule has 0 radical (unpaired) electrons. The van der Waals surface area contributed by atoms with E-state index in [1.807, 2.05) is 30.3 Å². The summed E-state index contributed by atoms with van der Waals surface area (Å²) in [6, 6.07) is 8.72. The fourth-order valence-corrected chi connectivity index (χ4v) is 4.60. The summed E-state index contributed by atoms with van der Waals surface area (Å²) in [4.78, 5) is 40.2. The number of ether oxygens (including phenoxy) is 2. The minimum atomic E-state index is -0.935. The Labute approximate surface area is 178 Å². The third-order valence-corrected chi connectivity index (χ3v) is 5.90. The van der Waals surface area contributed by atoms with Gasteiger partial charge in [0, 0.05) is 6.54 Å². The predicted octanol–water partition coefficient (Wildman–Crippen LogP) is 3.41. The van der Waals surface area contributed by atoms with Crippen LogP contribution in [0.25, 0.3) is 0 Å². The van der Waals surface area contributed by atoms with Crippen LogP contribution < -0.4 is 5.32 Å². The van der Waals surface area contributed by atoms with Crippen molar-refractivity contribution < 1.29 is 23.9 Å². The topological polar surface area (TPSA) is 84.9 Å². The van der Waals surface area contributed by atoms with Gasteiger partial charge in [-0.25, -0.2) is 9.59 Å². The Morgan fingerprint density at radius 2 is 1.90 bits per heavy atom. The number of alkyl carbamates (subject to hydrolysis) is 1. The zero-order chi connectivity index (χ0) is 21.9. The van der Waals surface area contributed by atoms with Crippen molar-refractivity contribution in [1.82, 2.24) is 10.2 Å². The summed E-state index contributed by atoms with van der Waals surface area (Å²) in [5.41, 5.74) is -0.678. The lowest BCUT2D eigenvalue weighted by molar-refractivity contribution is -0.165. The van der Waals surface area contributed by atoms with Crippen molar-refractivity contribution in [3.05, 3.63) is 35.9 Å². The second kappa shape index (κ2) is 8.66. The first-order valence-electron chi connectivity index (χ1n) is 10.7. The van der Waals surface area contributed by atoms with E-state index in [1.165, 1.54) is 0 Å². The van der Waals surface area contributed by atoms with Crippen LogP contribution in [0.2, 0.25) is 0 Å². The summed E-state index contributed by atoms with van der Waals surface area (Å²) >= 11 is 0. The number of hydrogen-bond donors (Lipinski definition) is 1. The van der Waals surface area contributed by atoms with Crippen LogP contribution in [0, 0.1) is 5.92 Å². The van der Waals surface area contributed by atoms with E-state index in [0.29, 0.717) is 13.0 Å². The number of benzene rings is 1. The number of amides is 2. The lowest BCUT2D eigenvalue weighted by Gasteiger charge is -2.37. The van der Waals surface area contributed by atoms with Crippen LogP contribution >= 0.6 is 0 Å². The Hall–Kier alpha value is -2.57. The molecule has 1 aliphatic heterocycles. The molecule has 1 aromatic carbocycles. The van der Waals surface area contributed by atoms with Gasteiger partial charge in [-0.05, 0) is 58.4 Å². The Morgan fingerprint density at radius 1 is 1.20 bits per heavy atom. The molecular weight excluding hydrogens is 384 g/mol. The highest BCUT2D eigenvalue weighted by Gasteiger charge is 2.59. The first-order valence-corrected chi connectivity index (χ1v) is 10.7. The third-order valence-electron chi connectivity index (χ3n) is 5.90. The molecule has 7 nitrogen and oxygen atoms in total. The first-order chi connectivity index (χ1) is 14.1. The van der Waals surface area contributed by atoms with E-state index in [0.717, 1.165) is 24.8 Å². The minimum absolute atomic E-state index is 0.0958. The highest BCUT2D eigenvalue weighted by molar-refractivity contribution is 5.93. The number of carbonyl (C=O) groups excluding carboxylic acids is 3. The van der Waals surface area contributed by atoms with Gasteiger partial charge in [-0.2, -0.15) is 0 Å². The molecule has 1 unspecified atom stereocenters. The van der Waals surface area contributed by atoms with E-state index in [1.54, 1.807) is 32.6 Å². The maximum Gasteiger partial charge on any atom is 0.408 e. The minimum Gasteiger partial charge on any atom is -0.459 e. The molecule has 0 spiro atoms. The molecule has 2 fully saturated rings. The van der Waals surface area contributed by atoms with Gasteiger partial charge in [0.25, 0.3) is 0 Å². The van der Waals surface area contributed by atoms with E-state index in [4.69, 9.17) is 9.47 Å². The van der Waals surface area contributed by atoms with Crippen LogP contribution in [0.3, 0.4) is 0 Å². The van der Waals surface area contributed by atoms with Crippen molar-refractivity contribution in [2.24, 2.45) is 5.92 Å². The van der Waals surface area contributed by atoms with Gasteiger partial charge in [0.15, 0.2) is 0 Å². The largest absolute Gasteiger partial charge is 0.459 e. The summed E-state index contributed by atoms with van der Waals surface area (Å²) in [5, 5.41) is 2.60. The second-order valence-corrected chi connectivity index (χ2v) is 9.22. The van der Waals surface area contributed by atoms with Crippen LogP contribution in [0.1, 0.15) is 58.9 Å². The Balaban J connectivity index is 1.71. The van der Waals surface area contributed by atoms with Gasteiger partial charge in [0.05, 0.1) is 0 Å². The van der Waals surface area contributed by atoms with Gasteiger partial charge >= 0.3 is 12.1 Å². The van der Waals surface area contributed by atoms with Crippen LogP contribution in [0.4, 0.5) is 4.79 Å². The summed E-state index contributed by atoms with van der Waals surface area (Å²) in [5.74, 6) is -0.524. The number of esters is 1. The van der Waals surface area contributed by atoms with E-state index < -0.39 is 23.3 Å². The quantitative estimate of drug-likeness (QED) is 0.744. The van der Waals surface area contributed by atoms with Gasteiger partial charge < -0.3 is 19.7 Å². The number of hydrogen-bond acceptors (Lipinski definition) is 5. The number of fused-ring (bicyclic) bond motifs is 1. The van der Waals surface area contributed by atoms with E-state index >= 15 is 0 Å². The van der Waals surface area contributed by atoms with E-state index in [2.05, 4.69) is 5.32 Å². The number of nitrogens with one attached hydrogen (secondary N) is 1. The van der Waals surface area contributed by atoms with Crippen LogP contribution in [-0.4, -0.2) is 46.6 Å². The summed E-state index contributed by atoms with van der Waals surface area (Å²) < 4.78 is 10.9. The summed E-state index contributed by atoms with van der Waals surface area (Å²) in [6.07, 6.45) is 2.49. The normalized spacial score (nSPS) is 24.1. The van der Waals surface area contributed by atoms with Gasteiger partial charge in [-0.15, -0.1) is 0 Å². The molecule has 30 heavy (non-hydrogen) atoms. The fraction of sp³-hybridized carbons (Fsp3) is 0.609. The molecule has 1 N–H and O–H groups in total. The maximum absolute atomic E-state index is 13.2. The molecule has 1 aliphatic carbocycles. The van der Waals surface area contributed by atoms with Crippen LogP contribution in [0.15, 0.2) is 30.3 Å². The van der Waals surface area contributed by atoms with E-state index in [-0.39, 0.29) is 24.4 Å². The molecule has 0 bridgehead atoms. The van der Waals surface area contributed by atoms with Gasteiger partial charge in [0.2, 0.25) is 5.91 Å². The first kappa shape index (κ1) is 22.1. The molecule has 2 amide bonds. The van der Waals surface area contributed by atoms with Crippen LogP contribution in [0.5, 0.6) is 0 Å². The number of carbonyl (C=O) groups is 3. The number of nitrogens with zero attached hydrogens (tertiary/aromatic N) is 1. The molecule has 164 valence electrons. The van der Waals surface area contributed by atoms with Crippen LogP contribution in [-0.2, 0) is 25.7 Å². The molecule has 3 rings (SSSR count). The molecule has 1 heterocycles. The van der Waals surface area contributed by atoms with Crippen molar-refractivity contribution in [1.29, 1.82) is 0 Å². The van der Waals surface area contributed by atoms with Crippen molar-refractivity contribution in [2.45, 2.75) is 77.2 Å². The molecule has 7 heteroatoms. The Kier molecular flexibility index (Phi) is 6.38. The molecule has 3 atom stereocenters. The molecule has 2 aliphatic rings. The van der Waals surface area contributed by atoms with Gasteiger partial charge in [-0.1, -0.05) is 36.8 Å². The Morgan fingerprint density at radius 3 is 2.57 bits per heavy atom. The average molecular weight is 417 g/mol. The zero-order valence-corrected chi connectivity index (χ0v) is 18.3.